The average Bonchev–Trinajstić information content (AvgIpc) is 2.15. The number of aromatic carboxylic acids is 2. The Kier molecular flexibility index (Phi) is 2.90. The molecule has 0 aromatic heterocycles. The standard InChI is InChI=1S/C11H10O4/c1-3-7-4-5-8(10(12)13)6(2)9(7)11(14)15/h3-5H,1H2,2H3,(H,12,13)(H,14,15). The largest absolute Gasteiger partial charge is 0.478 e. The molecule has 1 rings (SSSR count). The fraction of sp³-hybridized carbons (Fsp3) is 0.0909. The monoisotopic (exact) mass is 206 g/mol. The van der Waals surface area contributed by atoms with Crippen LogP contribution >= 0.6 is 0 Å². The molecule has 0 bridgehead atoms. The molecule has 0 spiro atoms. The Morgan fingerprint density at radius 1 is 1.27 bits per heavy atom. The van der Waals surface area contributed by atoms with Crippen molar-refractivity contribution in [2.45, 2.75) is 6.92 Å². The van der Waals surface area contributed by atoms with Crippen LogP contribution in [0, 0.1) is 6.92 Å². The van der Waals surface area contributed by atoms with Crippen molar-refractivity contribution in [3.05, 3.63) is 41.0 Å². The zero-order valence-electron chi connectivity index (χ0n) is 8.15. The first kappa shape index (κ1) is 11.0. The predicted molar refractivity (Wildman–Crippen MR) is 55.2 cm³/mol. The highest BCUT2D eigenvalue weighted by Gasteiger charge is 2.17. The smallest absolute Gasteiger partial charge is 0.336 e. The van der Waals surface area contributed by atoms with Crippen molar-refractivity contribution in [1.82, 2.24) is 0 Å². The van der Waals surface area contributed by atoms with Gasteiger partial charge in [0.15, 0.2) is 0 Å². The fourth-order valence-electron chi connectivity index (χ4n) is 1.42. The summed E-state index contributed by atoms with van der Waals surface area (Å²) in [5.74, 6) is -2.28. The van der Waals surface area contributed by atoms with Crippen LogP contribution in [0.1, 0.15) is 31.8 Å². The maximum absolute atomic E-state index is 10.9. The lowest BCUT2D eigenvalue weighted by atomic mass is 9.97. The molecule has 78 valence electrons. The van der Waals surface area contributed by atoms with Crippen LogP contribution in [-0.4, -0.2) is 22.2 Å². The molecule has 1 aromatic carbocycles. The molecule has 0 saturated carbocycles. The van der Waals surface area contributed by atoms with Gasteiger partial charge in [0.1, 0.15) is 0 Å². The van der Waals surface area contributed by atoms with Gasteiger partial charge < -0.3 is 10.2 Å². The molecule has 1 aromatic rings. The van der Waals surface area contributed by atoms with E-state index < -0.39 is 11.9 Å². The molecule has 0 unspecified atom stereocenters. The van der Waals surface area contributed by atoms with Crippen molar-refractivity contribution in [2.75, 3.05) is 0 Å². The van der Waals surface area contributed by atoms with Crippen LogP contribution < -0.4 is 0 Å². The Morgan fingerprint density at radius 2 is 1.87 bits per heavy atom. The van der Waals surface area contributed by atoms with Gasteiger partial charge in [-0.15, -0.1) is 0 Å². The normalized spacial score (nSPS) is 9.67. The third-order valence-electron chi connectivity index (χ3n) is 2.16. The maximum atomic E-state index is 10.9. The molecule has 0 radical (unpaired) electrons. The first-order chi connectivity index (χ1) is 6.99. The van der Waals surface area contributed by atoms with Crippen molar-refractivity contribution < 1.29 is 19.8 Å². The lowest BCUT2D eigenvalue weighted by Gasteiger charge is -2.08. The van der Waals surface area contributed by atoms with Crippen LogP contribution in [0.25, 0.3) is 6.08 Å². The van der Waals surface area contributed by atoms with E-state index in [4.69, 9.17) is 10.2 Å². The van der Waals surface area contributed by atoms with E-state index >= 15 is 0 Å². The van der Waals surface area contributed by atoms with E-state index in [9.17, 15) is 9.59 Å². The first-order valence-electron chi connectivity index (χ1n) is 4.21. The van der Waals surface area contributed by atoms with E-state index in [0.717, 1.165) is 0 Å². The Balaban J connectivity index is 3.56. The second-order valence-electron chi connectivity index (χ2n) is 3.02. The molecule has 0 atom stereocenters. The van der Waals surface area contributed by atoms with Gasteiger partial charge in [-0.1, -0.05) is 18.7 Å². The number of hydrogen-bond donors (Lipinski definition) is 2. The van der Waals surface area contributed by atoms with Crippen molar-refractivity contribution in [3.8, 4) is 0 Å². The summed E-state index contributed by atoms with van der Waals surface area (Å²) in [7, 11) is 0. The van der Waals surface area contributed by atoms with Crippen LogP contribution in [0.3, 0.4) is 0 Å². The van der Waals surface area contributed by atoms with E-state index in [-0.39, 0.29) is 16.7 Å². The lowest BCUT2D eigenvalue weighted by Crippen LogP contribution is -2.08. The minimum absolute atomic E-state index is 0.00185. The van der Waals surface area contributed by atoms with Crippen molar-refractivity contribution in [2.24, 2.45) is 0 Å². The van der Waals surface area contributed by atoms with E-state index in [0.29, 0.717) is 5.56 Å². The molecule has 0 heterocycles. The number of carboxylic acid groups (broad SMARTS) is 2. The molecule has 0 fully saturated rings. The molecule has 0 saturated heterocycles. The Labute approximate surface area is 86.5 Å². The van der Waals surface area contributed by atoms with Gasteiger partial charge in [-0.3, -0.25) is 0 Å². The van der Waals surface area contributed by atoms with Crippen LogP contribution in [0.5, 0.6) is 0 Å². The summed E-state index contributed by atoms with van der Waals surface area (Å²) in [6.07, 6.45) is 1.39. The van der Waals surface area contributed by atoms with E-state index in [2.05, 4.69) is 6.58 Å². The van der Waals surface area contributed by atoms with Crippen LogP contribution in [0.15, 0.2) is 18.7 Å². The van der Waals surface area contributed by atoms with E-state index in [1.54, 1.807) is 0 Å². The number of carboxylic acids is 2. The summed E-state index contributed by atoms with van der Waals surface area (Å²) in [6, 6.07) is 2.81. The molecular formula is C11H10O4. The van der Waals surface area contributed by atoms with E-state index in [1.165, 1.54) is 25.1 Å². The number of hydrogen-bond acceptors (Lipinski definition) is 2. The van der Waals surface area contributed by atoms with E-state index in [1.807, 2.05) is 0 Å². The van der Waals surface area contributed by atoms with Crippen molar-refractivity contribution in [3.63, 3.8) is 0 Å². The van der Waals surface area contributed by atoms with Crippen LogP contribution in [-0.2, 0) is 0 Å². The third kappa shape index (κ3) is 1.88. The molecule has 15 heavy (non-hydrogen) atoms. The molecule has 0 amide bonds. The maximum Gasteiger partial charge on any atom is 0.336 e. The summed E-state index contributed by atoms with van der Waals surface area (Å²) < 4.78 is 0. The summed E-state index contributed by atoms with van der Waals surface area (Å²) in [5, 5.41) is 17.8. The van der Waals surface area contributed by atoms with Crippen LogP contribution in [0.4, 0.5) is 0 Å². The molecule has 0 aliphatic heterocycles. The highest BCUT2D eigenvalue weighted by atomic mass is 16.4. The van der Waals surface area contributed by atoms with Gasteiger partial charge in [0.2, 0.25) is 0 Å². The Bertz CT molecular complexity index is 446. The average molecular weight is 206 g/mol. The summed E-state index contributed by atoms with van der Waals surface area (Å²) >= 11 is 0. The summed E-state index contributed by atoms with van der Waals surface area (Å²) in [6.45, 7) is 4.95. The molecule has 4 heteroatoms. The predicted octanol–water partition coefficient (Wildman–Crippen LogP) is 2.03. The lowest BCUT2D eigenvalue weighted by molar-refractivity contribution is 0.0695. The quantitative estimate of drug-likeness (QED) is 0.793. The molecule has 4 nitrogen and oxygen atoms in total. The van der Waals surface area contributed by atoms with Gasteiger partial charge in [0.05, 0.1) is 11.1 Å². The molecule has 2 N–H and O–H groups in total. The Morgan fingerprint density at radius 3 is 2.27 bits per heavy atom. The topological polar surface area (TPSA) is 74.6 Å². The second-order valence-corrected chi connectivity index (χ2v) is 3.02. The number of carbonyl (C=O) groups is 2. The SMILES string of the molecule is C=Cc1ccc(C(=O)O)c(C)c1C(=O)O. The van der Waals surface area contributed by atoms with Gasteiger partial charge in [-0.05, 0) is 24.1 Å². The van der Waals surface area contributed by atoms with Crippen molar-refractivity contribution in [1.29, 1.82) is 0 Å². The highest BCUT2D eigenvalue weighted by molar-refractivity contribution is 5.99. The Hall–Kier alpha value is -2.10. The molecule has 0 aliphatic rings. The van der Waals surface area contributed by atoms with Crippen molar-refractivity contribution >= 4 is 18.0 Å². The van der Waals surface area contributed by atoms with Gasteiger partial charge >= 0.3 is 11.9 Å². The molecular weight excluding hydrogens is 196 g/mol. The zero-order valence-corrected chi connectivity index (χ0v) is 8.15. The second kappa shape index (κ2) is 3.96. The minimum atomic E-state index is -1.15. The number of rotatable bonds is 3. The van der Waals surface area contributed by atoms with Gasteiger partial charge in [0.25, 0.3) is 0 Å². The van der Waals surface area contributed by atoms with Gasteiger partial charge in [-0.25, -0.2) is 9.59 Å². The first-order valence-corrected chi connectivity index (χ1v) is 4.21. The van der Waals surface area contributed by atoms with Gasteiger partial charge in [-0.2, -0.15) is 0 Å². The fourth-order valence-corrected chi connectivity index (χ4v) is 1.42. The highest BCUT2D eigenvalue weighted by Crippen LogP contribution is 2.19. The van der Waals surface area contributed by atoms with Gasteiger partial charge in [0, 0.05) is 0 Å². The van der Waals surface area contributed by atoms with Crippen LogP contribution in [0.2, 0.25) is 0 Å². The number of benzene rings is 1. The zero-order chi connectivity index (χ0) is 11.6. The summed E-state index contributed by atoms with van der Waals surface area (Å²) in [5.41, 5.74) is 0.653. The molecule has 0 aliphatic carbocycles. The summed E-state index contributed by atoms with van der Waals surface area (Å²) in [4.78, 5) is 21.7. The minimum Gasteiger partial charge on any atom is -0.478 e. The third-order valence-corrected chi connectivity index (χ3v) is 2.16.